The summed E-state index contributed by atoms with van der Waals surface area (Å²) in [6.45, 7) is 2.81. The average molecular weight is 428 g/mol. The number of rotatable bonds is 9. The fourth-order valence-electron chi connectivity index (χ4n) is 3.74. The van der Waals surface area contributed by atoms with Crippen molar-refractivity contribution in [2.24, 2.45) is 0 Å². The number of hydrogen-bond acceptors (Lipinski definition) is 7. The van der Waals surface area contributed by atoms with Gasteiger partial charge in [0.15, 0.2) is 11.5 Å². The van der Waals surface area contributed by atoms with Crippen molar-refractivity contribution >= 4 is 11.7 Å². The number of ketones is 1. The van der Waals surface area contributed by atoms with Crippen molar-refractivity contribution in [2.75, 3.05) is 41.4 Å². The van der Waals surface area contributed by atoms with E-state index in [2.05, 4.69) is 0 Å². The molecular formula is C23H28N2O6. The molecule has 1 N–H and O–H groups in total. The number of carbonyl (C=O) groups is 2. The van der Waals surface area contributed by atoms with Gasteiger partial charge in [0.1, 0.15) is 17.3 Å². The molecule has 166 valence electrons. The first-order valence-electron chi connectivity index (χ1n) is 10.00. The lowest BCUT2D eigenvalue weighted by Crippen LogP contribution is -2.33. The second-order valence-corrected chi connectivity index (χ2v) is 7.67. The highest BCUT2D eigenvalue weighted by molar-refractivity contribution is 6.15. The second kappa shape index (κ2) is 9.26. The molecule has 0 saturated heterocycles. The van der Waals surface area contributed by atoms with Crippen LogP contribution in [0.25, 0.3) is 0 Å². The van der Waals surface area contributed by atoms with E-state index in [1.807, 2.05) is 19.0 Å². The van der Waals surface area contributed by atoms with Gasteiger partial charge in [-0.3, -0.25) is 9.59 Å². The molecule has 3 rings (SSSR count). The molecule has 0 unspecified atom stereocenters. The molecule has 1 aromatic heterocycles. The van der Waals surface area contributed by atoms with Crippen molar-refractivity contribution in [3.63, 3.8) is 0 Å². The highest BCUT2D eigenvalue weighted by Crippen LogP contribution is 2.43. The van der Waals surface area contributed by atoms with Gasteiger partial charge in [-0.05, 0) is 64.3 Å². The van der Waals surface area contributed by atoms with Crippen LogP contribution >= 0.6 is 0 Å². The van der Waals surface area contributed by atoms with E-state index in [0.29, 0.717) is 35.8 Å². The van der Waals surface area contributed by atoms with Crippen molar-refractivity contribution in [1.82, 2.24) is 9.80 Å². The van der Waals surface area contributed by atoms with Crippen LogP contribution in [0.4, 0.5) is 0 Å². The van der Waals surface area contributed by atoms with Gasteiger partial charge in [0, 0.05) is 12.1 Å². The van der Waals surface area contributed by atoms with Crippen LogP contribution in [-0.2, 0) is 4.79 Å². The molecule has 1 aliphatic heterocycles. The molecule has 0 fully saturated rings. The molecule has 1 aliphatic rings. The quantitative estimate of drug-likeness (QED) is 0.614. The number of aliphatic hydroxyl groups is 1. The van der Waals surface area contributed by atoms with Crippen LogP contribution < -0.4 is 9.47 Å². The van der Waals surface area contributed by atoms with E-state index in [-0.39, 0.29) is 11.3 Å². The van der Waals surface area contributed by atoms with E-state index in [1.54, 1.807) is 31.2 Å². The van der Waals surface area contributed by atoms with Gasteiger partial charge < -0.3 is 28.8 Å². The van der Waals surface area contributed by atoms with Crippen molar-refractivity contribution < 1.29 is 28.6 Å². The van der Waals surface area contributed by atoms with Crippen LogP contribution in [-0.4, -0.2) is 68.0 Å². The monoisotopic (exact) mass is 428 g/mol. The average Bonchev–Trinajstić information content (AvgIpc) is 3.29. The minimum absolute atomic E-state index is 0.0317. The molecule has 1 atom stereocenters. The third-order valence-corrected chi connectivity index (χ3v) is 5.25. The summed E-state index contributed by atoms with van der Waals surface area (Å²) >= 11 is 0. The molecular weight excluding hydrogens is 400 g/mol. The SMILES string of the molecule is COc1ccc(OC)c([C@@H]2C(C(=O)c3ccc(C)o3)=C(O)C(=O)N2CCCN(C)C)c1. The van der Waals surface area contributed by atoms with E-state index in [4.69, 9.17) is 13.9 Å². The number of carbonyl (C=O) groups excluding carboxylic acids is 2. The normalized spacial score (nSPS) is 16.4. The maximum absolute atomic E-state index is 13.3. The second-order valence-electron chi connectivity index (χ2n) is 7.67. The van der Waals surface area contributed by atoms with E-state index in [1.165, 1.54) is 25.2 Å². The predicted octanol–water partition coefficient (Wildman–Crippen LogP) is 3.14. The molecule has 31 heavy (non-hydrogen) atoms. The van der Waals surface area contributed by atoms with Crippen molar-refractivity contribution in [1.29, 1.82) is 0 Å². The number of nitrogens with zero attached hydrogens (tertiary/aromatic N) is 2. The number of Topliss-reactive ketones (excluding diaryl/α,β-unsaturated/α-hetero) is 1. The first-order valence-corrected chi connectivity index (χ1v) is 10.00. The Morgan fingerprint density at radius 1 is 1.19 bits per heavy atom. The van der Waals surface area contributed by atoms with E-state index >= 15 is 0 Å². The summed E-state index contributed by atoms with van der Waals surface area (Å²) in [5, 5.41) is 10.7. The van der Waals surface area contributed by atoms with Gasteiger partial charge in [0.25, 0.3) is 5.91 Å². The largest absolute Gasteiger partial charge is 0.503 e. The summed E-state index contributed by atoms with van der Waals surface area (Å²) in [7, 11) is 6.93. The molecule has 1 amide bonds. The molecule has 0 bridgehead atoms. The smallest absolute Gasteiger partial charge is 0.290 e. The molecule has 1 aromatic carbocycles. The van der Waals surface area contributed by atoms with Gasteiger partial charge in [-0.25, -0.2) is 0 Å². The van der Waals surface area contributed by atoms with Gasteiger partial charge in [0.2, 0.25) is 5.78 Å². The topological polar surface area (TPSA) is 92.4 Å². The lowest BCUT2D eigenvalue weighted by Gasteiger charge is -2.28. The molecule has 2 heterocycles. The molecule has 8 nitrogen and oxygen atoms in total. The van der Waals surface area contributed by atoms with Crippen LogP contribution in [0.1, 0.15) is 34.3 Å². The van der Waals surface area contributed by atoms with Crippen LogP contribution in [0.3, 0.4) is 0 Å². The Morgan fingerprint density at radius 2 is 1.94 bits per heavy atom. The number of methoxy groups -OCH3 is 2. The lowest BCUT2D eigenvalue weighted by atomic mass is 9.94. The Kier molecular flexibility index (Phi) is 6.70. The number of hydrogen-bond donors (Lipinski definition) is 1. The predicted molar refractivity (Wildman–Crippen MR) is 115 cm³/mol. The number of benzene rings is 1. The Hall–Kier alpha value is -3.26. The summed E-state index contributed by atoms with van der Waals surface area (Å²) in [6.07, 6.45) is 0.663. The van der Waals surface area contributed by atoms with Gasteiger partial charge >= 0.3 is 0 Å². The van der Waals surface area contributed by atoms with E-state index in [9.17, 15) is 14.7 Å². The number of ether oxygens (including phenoxy) is 2. The first kappa shape index (κ1) is 22.4. The Morgan fingerprint density at radius 3 is 2.52 bits per heavy atom. The van der Waals surface area contributed by atoms with Gasteiger partial charge in [-0.2, -0.15) is 0 Å². The van der Waals surface area contributed by atoms with Crippen molar-refractivity contribution in [2.45, 2.75) is 19.4 Å². The van der Waals surface area contributed by atoms with Crippen molar-refractivity contribution in [3.8, 4) is 11.5 Å². The molecule has 2 aromatic rings. The maximum Gasteiger partial charge on any atom is 0.290 e. The summed E-state index contributed by atoms with van der Waals surface area (Å²) in [5.41, 5.74) is 0.520. The van der Waals surface area contributed by atoms with Crippen molar-refractivity contribution in [3.05, 3.63) is 58.7 Å². The molecule has 0 aliphatic carbocycles. The van der Waals surface area contributed by atoms with Crippen LogP contribution in [0.15, 0.2) is 46.1 Å². The zero-order valence-corrected chi connectivity index (χ0v) is 18.5. The number of aliphatic hydroxyl groups excluding tert-OH is 1. The van der Waals surface area contributed by atoms with Crippen LogP contribution in [0, 0.1) is 6.92 Å². The minimum atomic E-state index is -0.836. The number of amides is 1. The van der Waals surface area contributed by atoms with Crippen LogP contribution in [0.2, 0.25) is 0 Å². The Balaban J connectivity index is 2.11. The fourth-order valence-corrected chi connectivity index (χ4v) is 3.74. The maximum atomic E-state index is 13.3. The van der Waals surface area contributed by atoms with E-state index in [0.717, 1.165) is 6.54 Å². The van der Waals surface area contributed by atoms with E-state index < -0.39 is 23.5 Å². The zero-order valence-electron chi connectivity index (χ0n) is 18.5. The zero-order chi connectivity index (χ0) is 22.7. The molecule has 0 spiro atoms. The molecule has 0 radical (unpaired) electrons. The van der Waals surface area contributed by atoms with Gasteiger partial charge in [-0.1, -0.05) is 0 Å². The highest BCUT2D eigenvalue weighted by Gasteiger charge is 2.45. The first-order chi connectivity index (χ1) is 14.8. The Bertz CT molecular complexity index is 1010. The minimum Gasteiger partial charge on any atom is -0.503 e. The Labute approximate surface area is 181 Å². The van der Waals surface area contributed by atoms with Gasteiger partial charge in [0.05, 0.1) is 25.8 Å². The standard InChI is InChI=1S/C23H28N2O6/c1-14-7-9-18(31-14)21(26)19-20(16-13-15(29-4)8-10-17(16)30-5)25(23(28)22(19)27)12-6-11-24(2)3/h7-10,13,20,27H,6,11-12H2,1-5H3/t20-/m1/s1. The summed E-state index contributed by atoms with van der Waals surface area (Å²) < 4.78 is 16.4. The number of furan rings is 1. The summed E-state index contributed by atoms with van der Waals surface area (Å²) in [5.74, 6) is -0.0571. The highest BCUT2D eigenvalue weighted by atomic mass is 16.5. The van der Waals surface area contributed by atoms with Gasteiger partial charge in [-0.15, -0.1) is 0 Å². The molecule has 0 saturated carbocycles. The summed E-state index contributed by atoms with van der Waals surface area (Å²) in [4.78, 5) is 29.8. The lowest BCUT2D eigenvalue weighted by molar-refractivity contribution is -0.129. The number of aryl methyl sites for hydroxylation is 1. The summed E-state index contributed by atoms with van der Waals surface area (Å²) in [6, 6.07) is 7.53. The third-order valence-electron chi connectivity index (χ3n) is 5.25. The fraction of sp³-hybridized carbons (Fsp3) is 0.391. The van der Waals surface area contributed by atoms with Crippen LogP contribution in [0.5, 0.6) is 11.5 Å². The molecule has 8 heteroatoms. The third kappa shape index (κ3) is 4.44.